The van der Waals surface area contributed by atoms with Crippen molar-refractivity contribution in [3.63, 3.8) is 0 Å². The molecule has 0 aromatic heterocycles. The third-order valence-corrected chi connectivity index (χ3v) is 7.68. The summed E-state index contributed by atoms with van der Waals surface area (Å²) in [5.41, 5.74) is 0.666. The molecule has 0 saturated carbocycles. The molecule has 0 fully saturated rings. The third kappa shape index (κ3) is 8.63. The molecule has 2 rings (SSSR count). The molecule has 0 aliphatic rings. The molecule has 188 valence electrons. The molecule has 2 unspecified atom stereocenters. The van der Waals surface area contributed by atoms with Gasteiger partial charge in [0.25, 0.3) is 11.8 Å². The molecule has 2 aromatic rings. The van der Waals surface area contributed by atoms with Crippen molar-refractivity contribution in [2.24, 2.45) is 0 Å². The third-order valence-electron chi connectivity index (χ3n) is 5.20. The van der Waals surface area contributed by atoms with Crippen LogP contribution in [0, 0.1) is 0 Å². The van der Waals surface area contributed by atoms with Crippen molar-refractivity contribution >= 4 is 45.3 Å². The number of unbranched alkanes of at least 4 members (excludes halogenated alkanes) is 2. The van der Waals surface area contributed by atoms with E-state index in [4.69, 9.17) is 0 Å². The molecule has 10 heteroatoms. The second-order valence-electron chi connectivity index (χ2n) is 7.79. The lowest BCUT2D eigenvalue weighted by atomic mass is 10.1. The Kier molecular flexibility index (Phi) is 11.6. The number of amides is 2. The van der Waals surface area contributed by atoms with E-state index in [0.717, 1.165) is 12.8 Å². The van der Waals surface area contributed by atoms with Crippen molar-refractivity contribution in [3.8, 4) is 0 Å². The second kappa shape index (κ2) is 14.4. The lowest BCUT2D eigenvalue weighted by molar-refractivity contribution is -0.140. The van der Waals surface area contributed by atoms with E-state index in [0.29, 0.717) is 33.8 Å². The van der Waals surface area contributed by atoms with Crippen LogP contribution in [0.2, 0.25) is 0 Å². The summed E-state index contributed by atoms with van der Waals surface area (Å²) in [6.45, 7) is 3.70. The van der Waals surface area contributed by atoms with Crippen LogP contribution in [-0.4, -0.2) is 46.0 Å². The summed E-state index contributed by atoms with van der Waals surface area (Å²) in [5, 5.41) is 23.9. The Hall–Kier alpha value is -2.98. The quantitative estimate of drug-likeness (QED) is 0.206. The van der Waals surface area contributed by atoms with Crippen LogP contribution in [0.5, 0.6) is 0 Å². The van der Waals surface area contributed by atoms with Gasteiger partial charge in [-0.05, 0) is 37.1 Å². The van der Waals surface area contributed by atoms with Crippen LogP contribution in [0.15, 0.2) is 58.3 Å². The maximum absolute atomic E-state index is 12.9. The molecule has 0 aliphatic heterocycles. The molecule has 0 saturated heterocycles. The molecule has 2 amide bonds. The lowest BCUT2D eigenvalue weighted by Crippen LogP contribution is -2.40. The monoisotopic (exact) mass is 518 g/mol. The first kappa shape index (κ1) is 28.3. The summed E-state index contributed by atoms with van der Waals surface area (Å²) >= 11 is 0. The molecule has 4 N–H and O–H groups in total. The minimum absolute atomic E-state index is 0.253. The first-order valence-electron chi connectivity index (χ1n) is 11.4. The fourth-order valence-electron chi connectivity index (χ4n) is 3.21. The fraction of sp³-hybridized carbons (Fsp3) is 0.360. The lowest BCUT2D eigenvalue weighted by Gasteiger charge is -2.16. The predicted octanol–water partition coefficient (Wildman–Crippen LogP) is 4.84. The smallest absolute Gasteiger partial charge is 0.326 e. The van der Waals surface area contributed by atoms with Crippen molar-refractivity contribution in [1.29, 1.82) is 0 Å². The largest absolute Gasteiger partial charge is 0.480 e. The van der Waals surface area contributed by atoms with E-state index in [1.165, 1.54) is 21.6 Å². The summed E-state index contributed by atoms with van der Waals surface area (Å²) < 4.78 is 0. The van der Waals surface area contributed by atoms with Crippen molar-refractivity contribution < 1.29 is 29.4 Å². The minimum atomic E-state index is -1.10. The highest BCUT2D eigenvalue weighted by Crippen LogP contribution is 2.40. The number of carboxylic acids is 2. The SMILES string of the molecule is CCCCCC(NC(=O)c1ccccc1SSc1ccccc1C(=O)NC(CC)C(=O)O)C(=O)O. The topological polar surface area (TPSA) is 133 Å². The number of carboxylic acid groups (broad SMARTS) is 2. The Balaban J connectivity index is 2.15. The molecule has 0 radical (unpaired) electrons. The summed E-state index contributed by atoms with van der Waals surface area (Å²) in [4.78, 5) is 49.7. The van der Waals surface area contributed by atoms with Gasteiger partial charge < -0.3 is 20.8 Å². The molecule has 0 spiro atoms. The van der Waals surface area contributed by atoms with Gasteiger partial charge >= 0.3 is 11.9 Å². The van der Waals surface area contributed by atoms with E-state index in [9.17, 15) is 29.4 Å². The van der Waals surface area contributed by atoms with Crippen LogP contribution in [0.1, 0.15) is 66.7 Å². The maximum Gasteiger partial charge on any atom is 0.326 e. The van der Waals surface area contributed by atoms with E-state index in [-0.39, 0.29) is 6.42 Å². The van der Waals surface area contributed by atoms with Crippen LogP contribution >= 0.6 is 21.6 Å². The molecule has 0 aliphatic carbocycles. The predicted molar refractivity (Wildman–Crippen MR) is 137 cm³/mol. The molecule has 8 nitrogen and oxygen atoms in total. The number of hydrogen-bond acceptors (Lipinski definition) is 6. The van der Waals surface area contributed by atoms with Gasteiger partial charge in [-0.15, -0.1) is 0 Å². The van der Waals surface area contributed by atoms with Crippen molar-refractivity contribution in [2.45, 2.75) is 67.8 Å². The molecule has 35 heavy (non-hydrogen) atoms. The van der Waals surface area contributed by atoms with Gasteiger partial charge in [0, 0.05) is 9.79 Å². The van der Waals surface area contributed by atoms with Crippen LogP contribution in [0.4, 0.5) is 0 Å². The Morgan fingerprint density at radius 3 is 1.63 bits per heavy atom. The highest BCUT2D eigenvalue weighted by Gasteiger charge is 2.23. The number of aliphatic carboxylic acids is 2. The number of nitrogens with one attached hydrogen (secondary N) is 2. The molecule has 0 heterocycles. The first-order chi connectivity index (χ1) is 16.8. The fourth-order valence-corrected chi connectivity index (χ4v) is 5.57. The number of carbonyl (C=O) groups excluding carboxylic acids is 2. The summed E-state index contributed by atoms with van der Waals surface area (Å²) in [6.07, 6.45) is 3.16. The van der Waals surface area contributed by atoms with Crippen LogP contribution in [0.3, 0.4) is 0 Å². The number of benzene rings is 2. The highest BCUT2D eigenvalue weighted by molar-refractivity contribution is 8.76. The average molecular weight is 519 g/mol. The van der Waals surface area contributed by atoms with Crippen molar-refractivity contribution in [3.05, 3.63) is 59.7 Å². The molecular formula is C25H30N2O6S2. The summed E-state index contributed by atoms with van der Waals surface area (Å²) in [7, 11) is 2.52. The van der Waals surface area contributed by atoms with E-state index >= 15 is 0 Å². The molecule has 2 atom stereocenters. The Labute approximate surface area is 212 Å². The average Bonchev–Trinajstić information content (AvgIpc) is 2.85. The standard InChI is InChI=1S/C25H30N2O6S2/c1-3-5-6-13-19(25(32)33)27-23(29)17-12-8-10-15-21(17)35-34-20-14-9-7-11-16(20)22(28)26-18(4-2)24(30)31/h7-12,14-15,18-19H,3-6,13H2,1-2H3,(H,26,28)(H,27,29)(H,30,31)(H,32,33). The molecule has 2 aromatic carbocycles. The second-order valence-corrected chi connectivity index (χ2v) is 10.0. The van der Waals surface area contributed by atoms with Gasteiger partial charge in [-0.3, -0.25) is 9.59 Å². The van der Waals surface area contributed by atoms with Gasteiger partial charge in [-0.1, -0.05) is 79.0 Å². The van der Waals surface area contributed by atoms with E-state index < -0.39 is 35.8 Å². The number of rotatable bonds is 14. The van der Waals surface area contributed by atoms with E-state index in [2.05, 4.69) is 10.6 Å². The van der Waals surface area contributed by atoms with E-state index in [1.807, 2.05) is 6.92 Å². The van der Waals surface area contributed by atoms with Gasteiger partial charge in [0.2, 0.25) is 0 Å². The first-order valence-corrected chi connectivity index (χ1v) is 13.5. The minimum Gasteiger partial charge on any atom is -0.480 e. The zero-order valence-corrected chi connectivity index (χ0v) is 21.3. The molecular weight excluding hydrogens is 488 g/mol. The Morgan fingerprint density at radius 2 is 1.20 bits per heavy atom. The van der Waals surface area contributed by atoms with Crippen LogP contribution in [-0.2, 0) is 9.59 Å². The molecule has 0 bridgehead atoms. The van der Waals surface area contributed by atoms with Gasteiger partial charge in [0.15, 0.2) is 0 Å². The van der Waals surface area contributed by atoms with Crippen LogP contribution in [0.25, 0.3) is 0 Å². The number of hydrogen-bond donors (Lipinski definition) is 4. The van der Waals surface area contributed by atoms with Crippen molar-refractivity contribution in [1.82, 2.24) is 10.6 Å². The summed E-state index contributed by atoms with van der Waals surface area (Å²) in [6, 6.07) is 11.7. The van der Waals surface area contributed by atoms with Crippen molar-refractivity contribution in [2.75, 3.05) is 0 Å². The van der Waals surface area contributed by atoms with E-state index in [1.54, 1.807) is 55.5 Å². The van der Waals surface area contributed by atoms with Gasteiger partial charge in [0.05, 0.1) is 11.1 Å². The highest BCUT2D eigenvalue weighted by atomic mass is 33.1. The normalized spacial score (nSPS) is 12.4. The van der Waals surface area contributed by atoms with Gasteiger partial charge in [-0.25, -0.2) is 9.59 Å². The van der Waals surface area contributed by atoms with Crippen LogP contribution < -0.4 is 10.6 Å². The Bertz CT molecular complexity index is 1050. The number of carbonyl (C=O) groups is 4. The van der Waals surface area contributed by atoms with Gasteiger partial charge in [0.1, 0.15) is 12.1 Å². The Morgan fingerprint density at radius 1 is 0.743 bits per heavy atom. The zero-order chi connectivity index (χ0) is 25.8. The zero-order valence-electron chi connectivity index (χ0n) is 19.7. The maximum atomic E-state index is 12.9. The van der Waals surface area contributed by atoms with Gasteiger partial charge in [-0.2, -0.15) is 0 Å². The summed E-state index contributed by atoms with van der Waals surface area (Å²) in [5.74, 6) is -3.14.